The largest absolute Gasteiger partial charge is 0.487 e. The molecule has 4 aromatic rings. The van der Waals surface area contributed by atoms with Crippen LogP contribution in [-0.4, -0.2) is 36.4 Å². The predicted octanol–water partition coefficient (Wildman–Crippen LogP) is 4.87. The number of benzene rings is 2. The third kappa shape index (κ3) is 5.65. The minimum Gasteiger partial charge on any atom is -0.487 e. The van der Waals surface area contributed by atoms with E-state index in [0.29, 0.717) is 11.8 Å². The Labute approximate surface area is 214 Å². The first-order valence-corrected chi connectivity index (χ1v) is 11.3. The highest BCUT2D eigenvalue weighted by atomic mass is 19.4. The molecule has 38 heavy (non-hydrogen) atoms. The van der Waals surface area contributed by atoms with E-state index >= 15 is 4.39 Å². The number of aliphatic hydroxyl groups is 2. The summed E-state index contributed by atoms with van der Waals surface area (Å²) in [5.41, 5.74) is -7.60. The lowest BCUT2D eigenvalue weighted by Gasteiger charge is -2.31. The topological polar surface area (TPSA) is 93.3 Å². The first-order chi connectivity index (χ1) is 17.8. The molecular formula is C26H23F5N4O3. The second-order valence-corrected chi connectivity index (χ2v) is 9.15. The predicted molar refractivity (Wildman–Crippen MR) is 126 cm³/mol. The number of nitrogens with zero attached hydrogens (tertiary/aromatic N) is 4. The summed E-state index contributed by atoms with van der Waals surface area (Å²) in [6.45, 7) is 1.07. The minimum absolute atomic E-state index is 0.0538. The molecule has 0 unspecified atom stereocenters. The van der Waals surface area contributed by atoms with E-state index in [2.05, 4.69) is 15.3 Å². The number of ether oxygens (including phenoxy) is 1. The zero-order chi connectivity index (χ0) is 27.7. The van der Waals surface area contributed by atoms with E-state index in [0.717, 1.165) is 28.9 Å². The Kier molecular flexibility index (Phi) is 7.22. The third-order valence-corrected chi connectivity index (χ3v) is 5.73. The Bertz CT molecular complexity index is 1400. The van der Waals surface area contributed by atoms with Gasteiger partial charge in [0.2, 0.25) is 5.60 Å². The summed E-state index contributed by atoms with van der Waals surface area (Å²) in [4.78, 5) is 3.80. The van der Waals surface area contributed by atoms with Gasteiger partial charge in [-0.15, -0.1) is 5.10 Å². The molecular weight excluding hydrogens is 511 g/mol. The van der Waals surface area contributed by atoms with E-state index in [1.807, 2.05) is 0 Å². The zero-order valence-corrected chi connectivity index (χ0v) is 20.2. The number of rotatable bonds is 8. The van der Waals surface area contributed by atoms with Crippen molar-refractivity contribution in [2.45, 2.75) is 44.4 Å². The second kappa shape index (κ2) is 10.1. The molecule has 0 aliphatic heterocycles. The van der Waals surface area contributed by atoms with Gasteiger partial charge in [-0.05, 0) is 56.3 Å². The highest BCUT2D eigenvalue weighted by Gasteiger charge is 2.57. The lowest BCUT2D eigenvalue weighted by atomic mass is 9.90. The van der Waals surface area contributed by atoms with Crippen LogP contribution in [0.15, 0.2) is 66.9 Å². The molecule has 0 aliphatic carbocycles. The molecule has 2 N–H and O–H groups in total. The molecule has 0 amide bonds. The van der Waals surface area contributed by atoms with Gasteiger partial charge in [0, 0.05) is 11.1 Å². The van der Waals surface area contributed by atoms with E-state index in [-0.39, 0.29) is 17.9 Å². The van der Waals surface area contributed by atoms with Crippen LogP contribution in [0.25, 0.3) is 11.3 Å². The fourth-order valence-electron chi connectivity index (χ4n) is 3.69. The van der Waals surface area contributed by atoms with E-state index < -0.39 is 52.5 Å². The van der Waals surface area contributed by atoms with Crippen LogP contribution in [0.2, 0.25) is 0 Å². The smallest absolute Gasteiger partial charge is 0.424 e. The molecule has 1 atom stereocenters. The molecule has 0 saturated carbocycles. The highest BCUT2D eigenvalue weighted by Crippen LogP contribution is 2.42. The molecule has 12 heteroatoms. The average molecular weight is 534 g/mol. The maximum Gasteiger partial charge on any atom is 0.424 e. The van der Waals surface area contributed by atoms with E-state index in [1.54, 1.807) is 30.3 Å². The Morgan fingerprint density at radius 3 is 2.21 bits per heavy atom. The van der Waals surface area contributed by atoms with Gasteiger partial charge in [0.15, 0.2) is 5.82 Å². The SMILES string of the molecule is CC(C)(O)c1cc([C@@](O)(Cn2cc(COc3ccccc3)nn2)C(F)(F)F)nc(-c2ccc(F)cc2)c1F. The van der Waals surface area contributed by atoms with Crippen LogP contribution in [0, 0.1) is 11.6 Å². The molecule has 0 bridgehead atoms. The van der Waals surface area contributed by atoms with Crippen molar-refractivity contribution in [2.75, 3.05) is 0 Å². The molecule has 2 aromatic heterocycles. The number of aromatic nitrogens is 4. The number of halogens is 5. The van der Waals surface area contributed by atoms with Gasteiger partial charge in [-0.1, -0.05) is 23.4 Å². The molecule has 0 radical (unpaired) electrons. The van der Waals surface area contributed by atoms with Crippen LogP contribution >= 0.6 is 0 Å². The molecule has 200 valence electrons. The maximum atomic E-state index is 15.4. The summed E-state index contributed by atoms with van der Waals surface area (Å²) in [6, 6.07) is 13.5. The van der Waals surface area contributed by atoms with Gasteiger partial charge in [-0.25, -0.2) is 18.4 Å². The quantitative estimate of drug-likeness (QED) is 0.313. The van der Waals surface area contributed by atoms with Gasteiger partial charge in [-0.3, -0.25) is 0 Å². The monoisotopic (exact) mass is 534 g/mol. The van der Waals surface area contributed by atoms with E-state index in [1.165, 1.54) is 20.0 Å². The van der Waals surface area contributed by atoms with Gasteiger partial charge < -0.3 is 14.9 Å². The summed E-state index contributed by atoms with van der Waals surface area (Å²) in [5, 5.41) is 29.0. The fourth-order valence-corrected chi connectivity index (χ4v) is 3.69. The van der Waals surface area contributed by atoms with Crippen LogP contribution < -0.4 is 4.74 Å². The van der Waals surface area contributed by atoms with Crippen LogP contribution in [0.5, 0.6) is 5.75 Å². The average Bonchev–Trinajstić information content (AvgIpc) is 3.29. The van der Waals surface area contributed by atoms with Crippen LogP contribution in [0.4, 0.5) is 22.0 Å². The van der Waals surface area contributed by atoms with Crippen molar-refractivity contribution in [3.05, 3.63) is 95.4 Å². The van der Waals surface area contributed by atoms with E-state index in [9.17, 15) is 27.8 Å². The van der Waals surface area contributed by atoms with Crippen molar-refractivity contribution >= 4 is 0 Å². The molecule has 4 rings (SSSR count). The van der Waals surface area contributed by atoms with Gasteiger partial charge in [-0.2, -0.15) is 13.2 Å². The Morgan fingerprint density at radius 2 is 1.61 bits per heavy atom. The zero-order valence-electron chi connectivity index (χ0n) is 20.2. The molecule has 7 nitrogen and oxygen atoms in total. The number of hydrogen-bond donors (Lipinski definition) is 2. The third-order valence-electron chi connectivity index (χ3n) is 5.73. The van der Waals surface area contributed by atoms with Gasteiger partial charge >= 0.3 is 6.18 Å². The van der Waals surface area contributed by atoms with Crippen LogP contribution in [0.1, 0.15) is 30.8 Å². The molecule has 0 fully saturated rings. The van der Waals surface area contributed by atoms with Crippen LogP contribution in [0.3, 0.4) is 0 Å². The van der Waals surface area contributed by atoms with Crippen molar-refractivity contribution < 1.29 is 36.9 Å². The summed E-state index contributed by atoms with van der Waals surface area (Å²) in [7, 11) is 0. The van der Waals surface area contributed by atoms with Gasteiger partial charge in [0.25, 0.3) is 0 Å². The lowest BCUT2D eigenvalue weighted by molar-refractivity contribution is -0.274. The molecule has 2 aromatic carbocycles. The number of para-hydroxylation sites is 1. The Morgan fingerprint density at radius 1 is 0.947 bits per heavy atom. The lowest BCUT2D eigenvalue weighted by Crippen LogP contribution is -2.47. The van der Waals surface area contributed by atoms with Crippen molar-refractivity contribution in [3.63, 3.8) is 0 Å². The van der Waals surface area contributed by atoms with Crippen molar-refractivity contribution in [1.82, 2.24) is 20.0 Å². The molecule has 0 spiro atoms. The minimum atomic E-state index is -5.30. The normalized spacial score (nSPS) is 13.8. The molecule has 2 heterocycles. The summed E-state index contributed by atoms with van der Waals surface area (Å²) < 4.78 is 78.2. The number of pyridine rings is 1. The first-order valence-electron chi connectivity index (χ1n) is 11.3. The summed E-state index contributed by atoms with van der Waals surface area (Å²) in [5.74, 6) is -1.26. The number of hydrogen-bond acceptors (Lipinski definition) is 6. The van der Waals surface area contributed by atoms with Gasteiger partial charge in [0.05, 0.1) is 24.0 Å². The van der Waals surface area contributed by atoms with E-state index in [4.69, 9.17) is 4.74 Å². The number of alkyl halides is 3. The molecule has 0 aliphatic rings. The fraction of sp³-hybridized carbons (Fsp3) is 0.269. The standard InChI is InChI=1S/C26H23F5N4O3/c1-24(2,36)20-12-21(32-23(22(20)28)16-8-10-17(27)11-9-16)25(37,26(29,30)31)15-35-13-18(33-34-35)14-38-19-6-4-3-5-7-19/h3-13,36-37H,14-15H2,1-2H3/t25-/m0/s1. The van der Waals surface area contributed by atoms with Crippen molar-refractivity contribution in [2.24, 2.45) is 0 Å². The van der Waals surface area contributed by atoms with Crippen LogP contribution in [-0.2, 0) is 24.4 Å². The van der Waals surface area contributed by atoms with Crippen molar-refractivity contribution in [3.8, 4) is 17.0 Å². The summed E-state index contributed by atoms with van der Waals surface area (Å²) in [6.07, 6.45) is -4.14. The van der Waals surface area contributed by atoms with Gasteiger partial charge in [0.1, 0.15) is 29.6 Å². The maximum absolute atomic E-state index is 15.4. The second-order valence-electron chi connectivity index (χ2n) is 9.15. The first kappa shape index (κ1) is 27.1. The molecule has 0 saturated heterocycles. The highest BCUT2D eigenvalue weighted by molar-refractivity contribution is 5.62. The Hall–Kier alpha value is -3.90. The van der Waals surface area contributed by atoms with Crippen molar-refractivity contribution in [1.29, 1.82) is 0 Å². The summed E-state index contributed by atoms with van der Waals surface area (Å²) >= 11 is 0. The Balaban J connectivity index is 1.74.